The fourth-order valence-corrected chi connectivity index (χ4v) is 9.68. The number of thiophene rings is 1. The molecule has 0 aliphatic carbocycles. The lowest BCUT2D eigenvalue weighted by Crippen LogP contribution is -1.95. The molecule has 0 bridgehead atoms. The van der Waals surface area contributed by atoms with Crippen molar-refractivity contribution >= 4 is 75.1 Å². The van der Waals surface area contributed by atoms with Crippen LogP contribution in [-0.4, -0.2) is 9.97 Å². The number of fused-ring (bicyclic) bond motifs is 8. The highest BCUT2D eigenvalue weighted by atomic mass is 32.1. The van der Waals surface area contributed by atoms with Crippen LogP contribution in [0, 0.1) is 0 Å². The molecule has 0 aliphatic heterocycles. The van der Waals surface area contributed by atoms with Gasteiger partial charge in [0.2, 0.25) is 0 Å². The highest BCUT2D eigenvalue weighted by molar-refractivity contribution is 7.26. The Hall–Kier alpha value is -7.40. The fraction of sp³-hybridized carbons (Fsp3) is 0. The molecule has 0 amide bonds. The van der Waals surface area contributed by atoms with Crippen LogP contribution in [0.5, 0.6) is 0 Å². The third-order valence-electron chi connectivity index (χ3n) is 11.5. The van der Waals surface area contributed by atoms with Gasteiger partial charge in [-0.3, -0.25) is 0 Å². The zero-order valence-corrected chi connectivity index (χ0v) is 32.0. The van der Waals surface area contributed by atoms with E-state index in [0.29, 0.717) is 5.82 Å². The highest BCUT2D eigenvalue weighted by Gasteiger charge is 2.22. The minimum absolute atomic E-state index is 0.674. The second-order valence-corrected chi connectivity index (χ2v) is 16.0. The Bertz CT molecular complexity index is 3560. The summed E-state index contributed by atoms with van der Waals surface area (Å²) < 4.78 is 9.15. The van der Waals surface area contributed by atoms with Crippen molar-refractivity contribution in [2.45, 2.75) is 0 Å². The lowest BCUT2D eigenvalue weighted by molar-refractivity contribution is 0.669. The smallest absolute Gasteiger partial charge is 0.161 e. The molecule has 3 heterocycles. The molecule has 12 aromatic rings. The van der Waals surface area contributed by atoms with Crippen LogP contribution in [0.3, 0.4) is 0 Å². The third-order valence-corrected chi connectivity index (χ3v) is 12.6. The molecule has 0 radical (unpaired) electrons. The number of benzene rings is 9. The number of nitrogens with zero attached hydrogens (tertiary/aromatic N) is 2. The van der Waals surface area contributed by atoms with Crippen LogP contribution in [0.2, 0.25) is 0 Å². The van der Waals surface area contributed by atoms with Gasteiger partial charge in [-0.15, -0.1) is 11.3 Å². The van der Waals surface area contributed by atoms with Crippen LogP contribution >= 0.6 is 11.3 Å². The largest absolute Gasteiger partial charge is 0.456 e. The summed E-state index contributed by atoms with van der Waals surface area (Å²) in [6, 6.07) is 69.1. The molecule has 0 aliphatic rings. The molecular weight excluding hydrogens is 725 g/mol. The summed E-state index contributed by atoms with van der Waals surface area (Å²) in [5.74, 6) is 0.674. The normalized spacial score (nSPS) is 11.8. The molecule has 58 heavy (non-hydrogen) atoms. The van der Waals surface area contributed by atoms with Crippen molar-refractivity contribution in [1.82, 2.24) is 9.97 Å². The molecule has 270 valence electrons. The predicted octanol–water partition coefficient (Wildman–Crippen LogP) is 15.4. The Kier molecular flexibility index (Phi) is 7.40. The van der Waals surface area contributed by atoms with Crippen LogP contribution < -0.4 is 0 Å². The topological polar surface area (TPSA) is 38.9 Å². The number of hydrogen-bond donors (Lipinski definition) is 0. The van der Waals surface area contributed by atoms with E-state index in [0.717, 1.165) is 76.6 Å². The summed E-state index contributed by atoms with van der Waals surface area (Å²) in [5.41, 5.74) is 12.3. The monoisotopic (exact) mass is 756 g/mol. The zero-order valence-electron chi connectivity index (χ0n) is 31.2. The average molecular weight is 757 g/mol. The quantitative estimate of drug-likeness (QED) is 0.176. The van der Waals surface area contributed by atoms with Crippen LogP contribution in [0.4, 0.5) is 0 Å². The first-order valence-corrected chi connectivity index (χ1v) is 20.4. The molecule has 3 nitrogen and oxygen atoms in total. The van der Waals surface area contributed by atoms with Crippen molar-refractivity contribution in [1.29, 1.82) is 0 Å². The van der Waals surface area contributed by atoms with E-state index in [1.165, 1.54) is 37.4 Å². The molecule has 0 fully saturated rings. The van der Waals surface area contributed by atoms with Gasteiger partial charge in [0.1, 0.15) is 11.2 Å². The maximum absolute atomic E-state index is 6.87. The predicted molar refractivity (Wildman–Crippen MR) is 244 cm³/mol. The van der Waals surface area contributed by atoms with Crippen molar-refractivity contribution in [3.05, 3.63) is 194 Å². The summed E-state index contributed by atoms with van der Waals surface area (Å²) >= 11 is 1.76. The van der Waals surface area contributed by atoms with Gasteiger partial charge in [0.05, 0.1) is 15.9 Å². The number of aromatic nitrogens is 2. The van der Waals surface area contributed by atoms with Crippen LogP contribution in [-0.2, 0) is 0 Å². The average Bonchev–Trinajstić information content (AvgIpc) is 3.86. The summed E-state index contributed by atoms with van der Waals surface area (Å²) in [6.07, 6.45) is 0. The van der Waals surface area contributed by atoms with Crippen LogP contribution in [0.15, 0.2) is 199 Å². The molecule has 0 saturated carbocycles. The highest BCUT2D eigenvalue weighted by Crippen LogP contribution is 2.44. The molecule has 0 atom stereocenters. The standard InChI is InChI=1S/C54H32N2OS/c1-2-10-33(11-3-1)36-18-20-37(21-19-36)43-30-46(50-44-27-26-41(31-47(44)57-48(50)32-43)40-24-22-34-12-4-6-14-38(34)28-40)54-55-51(42-25-23-35-13-5-7-15-39(35)29-42)53-52(56-54)45-16-8-9-17-49(45)58-53/h1-32H. The SMILES string of the molecule is c1ccc(-c2ccc(-c3cc(-c4nc(-c5ccc6ccccc6c5)c5sc6ccccc6c5n4)c4c(c3)oc3cc(-c5ccc6ccccc6c5)ccc34)cc2)cc1. The maximum Gasteiger partial charge on any atom is 0.161 e. The van der Waals surface area contributed by atoms with Gasteiger partial charge < -0.3 is 4.42 Å². The minimum atomic E-state index is 0.674. The van der Waals surface area contributed by atoms with Gasteiger partial charge in [-0.25, -0.2) is 9.97 Å². The number of furan rings is 1. The van der Waals surface area contributed by atoms with Gasteiger partial charge in [-0.05, 0) is 97.4 Å². The second kappa shape index (κ2) is 13.1. The van der Waals surface area contributed by atoms with E-state index in [9.17, 15) is 0 Å². The van der Waals surface area contributed by atoms with Gasteiger partial charge >= 0.3 is 0 Å². The summed E-state index contributed by atoms with van der Waals surface area (Å²) in [7, 11) is 0. The van der Waals surface area contributed by atoms with E-state index >= 15 is 0 Å². The molecule has 3 aromatic heterocycles. The lowest BCUT2D eigenvalue weighted by atomic mass is 9.95. The van der Waals surface area contributed by atoms with Crippen molar-refractivity contribution < 1.29 is 4.42 Å². The fourth-order valence-electron chi connectivity index (χ4n) is 8.53. The summed E-state index contributed by atoms with van der Waals surface area (Å²) in [4.78, 5) is 11.0. The molecule has 0 unspecified atom stereocenters. The van der Waals surface area contributed by atoms with Crippen molar-refractivity contribution in [2.75, 3.05) is 0 Å². The summed E-state index contributed by atoms with van der Waals surface area (Å²) in [5, 5.41) is 8.00. The molecule has 12 rings (SSSR count). The molecule has 0 N–H and O–H groups in total. The van der Waals surface area contributed by atoms with E-state index < -0.39 is 0 Å². The summed E-state index contributed by atoms with van der Waals surface area (Å²) in [6.45, 7) is 0. The minimum Gasteiger partial charge on any atom is -0.456 e. The molecule has 9 aromatic carbocycles. The Balaban J connectivity index is 1.11. The number of hydrogen-bond acceptors (Lipinski definition) is 4. The van der Waals surface area contributed by atoms with Crippen LogP contribution in [0.25, 0.3) is 120 Å². The van der Waals surface area contributed by atoms with E-state index in [1.54, 1.807) is 11.3 Å². The van der Waals surface area contributed by atoms with Gasteiger partial charge in [0, 0.05) is 32.0 Å². The number of rotatable bonds is 5. The van der Waals surface area contributed by atoms with E-state index in [1.807, 2.05) is 0 Å². The Morgan fingerprint density at radius 2 is 0.948 bits per heavy atom. The van der Waals surface area contributed by atoms with Gasteiger partial charge in [0.25, 0.3) is 0 Å². The first kappa shape index (κ1) is 32.8. The van der Waals surface area contributed by atoms with E-state index in [4.69, 9.17) is 14.4 Å². The maximum atomic E-state index is 6.87. The molecular formula is C54H32N2OS. The zero-order chi connectivity index (χ0) is 38.2. The molecule has 0 spiro atoms. The second-order valence-electron chi connectivity index (χ2n) is 14.9. The van der Waals surface area contributed by atoms with Gasteiger partial charge in [-0.1, -0.05) is 152 Å². The Morgan fingerprint density at radius 3 is 1.72 bits per heavy atom. The third kappa shape index (κ3) is 5.42. The molecule has 0 saturated heterocycles. The van der Waals surface area contributed by atoms with E-state index in [-0.39, 0.29) is 0 Å². The van der Waals surface area contributed by atoms with Crippen molar-refractivity contribution in [3.8, 4) is 56.0 Å². The van der Waals surface area contributed by atoms with Crippen molar-refractivity contribution in [2.24, 2.45) is 0 Å². The van der Waals surface area contributed by atoms with Crippen LogP contribution in [0.1, 0.15) is 0 Å². The van der Waals surface area contributed by atoms with Gasteiger partial charge in [0.15, 0.2) is 5.82 Å². The van der Waals surface area contributed by atoms with Gasteiger partial charge in [-0.2, -0.15) is 0 Å². The lowest BCUT2D eigenvalue weighted by Gasteiger charge is -2.11. The van der Waals surface area contributed by atoms with Crippen molar-refractivity contribution in [3.63, 3.8) is 0 Å². The Labute approximate surface area is 338 Å². The van der Waals surface area contributed by atoms with E-state index in [2.05, 4.69) is 194 Å². The molecule has 4 heteroatoms. The Morgan fingerprint density at radius 1 is 0.379 bits per heavy atom. The first-order valence-electron chi connectivity index (χ1n) is 19.5. The first-order chi connectivity index (χ1) is 28.7.